The van der Waals surface area contributed by atoms with Crippen LogP contribution in [-0.2, 0) is 12.7 Å². The van der Waals surface area contributed by atoms with Gasteiger partial charge >= 0.3 is 6.18 Å². The number of alkyl halides is 3. The second-order valence-corrected chi connectivity index (χ2v) is 4.67. The molecule has 0 radical (unpaired) electrons. The normalized spacial score (nSPS) is 11.8. The summed E-state index contributed by atoms with van der Waals surface area (Å²) in [5.74, 6) is -0.580. The molecular formula is C10H9F3N4OS. The second-order valence-electron chi connectivity index (χ2n) is 3.64. The van der Waals surface area contributed by atoms with Crippen LogP contribution in [0.5, 0.6) is 0 Å². The van der Waals surface area contributed by atoms with Crippen molar-refractivity contribution in [3.05, 3.63) is 34.3 Å². The smallest absolute Gasteiger partial charge is 0.335 e. The van der Waals surface area contributed by atoms with Crippen LogP contribution in [0.15, 0.2) is 18.7 Å². The second kappa shape index (κ2) is 5.10. The predicted molar refractivity (Wildman–Crippen MR) is 61.8 cm³/mol. The summed E-state index contributed by atoms with van der Waals surface area (Å²) in [6.45, 7) is 0.861. The molecule has 0 fully saturated rings. The number of rotatable bonds is 4. The quantitative estimate of drug-likeness (QED) is 0.867. The van der Waals surface area contributed by atoms with Crippen LogP contribution in [0.2, 0.25) is 0 Å². The molecule has 0 unspecified atom stereocenters. The van der Waals surface area contributed by atoms with Crippen molar-refractivity contribution in [2.45, 2.75) is 12.7 Å². The van der Waals surface area contributed by atoms with Gasteiger partial charge in [-0.05, 0) is 0 Å². The van der Waals surface area contributed by atoms with Crippen molar-refractivity contribution < 1.29 is 18.0 Å². The molecule has 0 aliphatic heterocycles. The summed E-state index contributed by atoms with van der Waals surface area (Å²) >= 11 is 0.306. The van der Waals surface area contributed by atoms with Crippen molar-refractivity contribution in [1.29, 1.82) is 0 Å². The molecule has 0 saturated heterocycles. The lowest BCUT2D eigenvalue weighted by Crippen LogP contribution is -2.08. The van der Waals surface area contributed by atoms with E-state index in [0.717, 1.165) is 6.20 Å². The number of nitrogens with zero attached hydrogens (tertiary/aromatic N) is 3. The minimum atomic E-state index is -4.54. The summed E-state index contributed by atoms with van der Waals surface area (Å²) in [5.41, 5.74) is 5.42. The molecule has 9 heteroatoms. The van der Waals surface area contributed by atoms with Gasteiger partial charge in [-0.15, -0.1) is 11.3 Å². The molecule has 2 aromatic rings. The molecule has 5 nitrogen and oxygen atoms in total. The van der Waals surface area contributed by atoms with Gasteiger partial charge in [-0.1, -0.05) is 0 Å². The van der Waals surface area contributed by atoms with Gasteiger partial charge in [0, 0.05) is 25.5 Å². The monoisotopic (exact) mass is 290 g/mol. The Morgan fingerprint density at radius 3 is 2.74 bits per heavy atom. The first-order chi connectivity index (χ1) is 8.91. The van der Waals surface area contributed by atoms with Crippen molar-refractivity contribution in [2.75, 3.05) is 6.54 Å². The molecular weight excluding hydrogens is 281 g/mol. The van der Waals surface area contributed by atoms with Gasteiger partial charge in [0.2, 0.25) is 5.78 Å². The summed E-state index contributed by atoms with van der Waals surface area (Å²) < 4.78 is 38.7. The Kier molecular flexibility index (Phi) is 3.67. The molecule has 0 saturated carbocycles. The largest absolute Gasteiger partial charge is 0.443 e. The minimum Gasteiger partial charge on any atom is -0.335 e. The molecule has 0 amide bonds. The molecule has 19 heavy (non-hydrogen) atoms. The topological polar surface area (TPSA) is 73.8 Å². The molecule has 0 aliphatic rings. The molecule has 0 aliphatic carbocycles. The number of ketones is 1. The number of thiazole rings is 1. The summed E-state index contributed by atoms with van der Waals surface area (Å²) in [6, 6.07) is 0. The Morgan fingerprint density at radius 2 is 2.16 bits per heavy atom. The minimum absolute atomic E-state index is 0.0748. The Bertz CT molecular complexity index is 590. The van der Waals surface area contributed by atoms with Crippen molar-refractivity contribution in [2.24, 2.45) is 5.73 Å². The van der Waals surface area contributed by atoms with Crippen molar-refractivity contribution in [1.82, 2.24) is 14.5 Å². The SMILES string of the molecule is NCCn1cnc(C(=O)c2cnc(C(F)(F)F)s2)c1. The number of carbonyl (C=O) groups excluding carboxylic acids is 1. The lowest BCUT2D eigenvalue weighted by molar-refractivity contribution is -0.137. The highest BCUT2D eigenvalue weighted by Crippen LogP contribution is 2.32. The highest BCUT2D eigenvalue weighted by atomic mass is 32.1. The average Bonchev–Trinajstić information content (AvgIpc) is 2.96. The van der Waals surface area contributed by atoms with Crippen LogP contribution in [-0.4, -0.2) is 26.9 Å². The van der Waals surface area contributed by atoms with E-state index in [1.54, 1.807) is 4.57 Å². The third kappa shape index (κ3) is 2.99. The highest BCUT2D eigenvalue weighted by Gasteiger charge is 2.35. The van der Waals surface area contributed by atoms with E-state index in [4.69, 9.17) is 5.73 Å². The van der Waals surface area contributed by atoms with Crippen LogP contribution in [0.4, 0.5) is 13.2 Å². The number of halogens is 3. The van der Waals surface area contributed by atoms with Gasteiger partial charge in [-0.2, -0.15) is 13.2 Å². The Morgan fingerprint density at radius 1 is 1.42 bits per heavy atom. The fourth-order valence-electron chi connectivity index (χ4n) is 1.39. The fraction of sp³-hybridized carbons (Fsp3) is 0.300. The highest BCUT2D eigenvalue weighted by molar-refractivity contribution is 7.13. The van der Waals surface area contributed by atoms with Gasteiger partial charge in [0.1, 0.15) is 5.69 Å². The first-order valence-electron chi connectivity index (χ1n) is 5.21. The van der Waals surface area contributed by atoms with E-state index in [1.165, 1.54) is 12.5 Å². The Labute approximate surface area is 109 Å². The van der Waals surface area contributed by atoms with Gasteiger partial charge in [-0.25, -0.2) is 9.97 Å². The lowest BCUT2D eigenvalue weighted by Gasteiger charge is -1.98. The predicted octanol–water partition coefficient (Wildman–Crippen LogP) is 1.55. The Hall–Kier alpha value is -1.74. The average molecular weight is 290 g/mol. The van der Waals surface area contributed by atoms with E-state index in [0.29, 0.717) is 24.4 Å². The van der Waals surface area contributed by atoms with Crippen molar-refractivity contribution in [3.63, 3.8) is 0 Å². The van der Waals surface area contributed by atoms with Gasteiger partial charge in [0.25, 0.3) is 0 Å². The zero-order valence-corrected chi connectivity index (χ0v) is 10.3. The number of carbonyl (C=O) groups is 1. The lowest BCUT2D eigenvalue weighted by atomic mass is 10.3. The molecule has 2 aromatic heterocycles. The van der Waals surface area contributed by atoms with Crippen LogP contribution in [0.25, 0.3) is 0 Å². The molecule has 2 N–H and O–H groups in total. The first kappa shape index (κ1) is 13.7. The maximum atomic E-state index is 12.4. The van der Waals surface area contributed by atoms with Crippen LogP contribution in [0, 0.1) is 0 Å². The van der Waals surface area contributed by atoms with E-state index in [9.17, 15) is 18.0 Å². The maximum Gasteiger partial charge on any atom is 0.443 e. The van der Waals surface area contributed by atoms with Gasteiger partial charge in [-0.3, -0.25) is 4.79 Å². The summed E-state index contributed by atoms with van der Waals surface area (Å²) in [7, 11) is 0. The third-order valence-electron chi connectivity index (χ3n) is 2.23. The van der Waals surface area contributed by atoms with Crippen LogP contribution in [0.3, 0.4) is 0 Å². The van der Waals surface area contributed by atoms with E-state index in [-0.39, 0.29) is 10.6 Å². The summed E-state index contributed by atoms with van der Waals surface area (Å²) in [6.07, 6.45) is -0.770. The van der Waals surface area contributed by atoms with Crippen molar-refractivity contribution >= 4 is 17.1 Å². The number of imidazole rings is 1. The molecule has 2 rings (SSSR count). The van der Waals surface area contributed by atoms with Crippen molar-refractivity contribution in [3.8, 4) is 0 Å². The molecule has 102 valence electrons. The fourth-order valence-corrected chi connectivity index (χ4v) is 2.12. The number of hydrogen-bond acceptors (Lipinski definition) is 5. The zero-order chi connectivity index (χ0) is 14.0. The number of nitrogens with two attached hydrogens (primary N) is 1. The molecule has 0 bridgehead atoms. The number of hydrogen-bond donors (Lipinski definition) is 1. The van der Waals surface area contributed by atoms with Crippen LogP contribution < -0.4 is 5.73 Å². The molecule has 0 spiro atoms. The van der Waals surface area contributed by atoms with E-state index in [1.807, 2.05) is 0 Å². The number of aromatic nitrogens is 3. The summed E-state index contributed by atoms with van der Waals surface area (Å²) in [4.78, 5) is 18.8. The van der Waals surface area contributed by atoms with Crippen LogP contribution in [0.1, 0.15) is 20.4 Å². The Balaban J connectivity index is 2.21. The van der Waals surface area contributed by atoms with Gasteiger partial charge in [0.05, 0.1) is 11.2 Å². The van der Waals surface area contributed by atoms with Gasteiger partial charge < -0.3 is 10.3 Å². The summed E-state index contributed by atoms with van der Waals surface area (Å²) in [5, 5.41) is -1.04. The maximum absolute atomic E-state index is 12.4. The molecule has 0 aromatic carbocycles. The van der Waals surface area contributed by atoms with Gasteiger partial charge in [0.15, 0.2) is 5.01 Å². The first-order valence-corrected chi connectivity index (χ1v) is 6.03. The zero-order valence-electron chi connectivity index (χ0n) is 9.52. The third-order valence-corrected chi connectivity index (χ3v) is 3.27. The van der Waals surface area contributed by atoms with E-state index >= 15 is 0 Å². The molecule has 0 atom stereocenters. The van der Waals surface area contributed by atoms with E-state index in [2.05, 4.69) is 9.97 Å². The molecule has 2 heterocycles. The van der Waals surface area contributed by atoms with E-state index < -0.39 is 17.0 Å². The van der Waals surface area contributed by atoms with Crippen LogP contribution >= 0.6 is 11.3 Å². The standard InChI is InChI=1S/C10H9F3N4OS/c11-10(12,13)9-15-3-7(19-9)8(18)6-4-17(2-1-14)5-16-6/h3-5H,1-2,14H2.